The summed E-state index contributed by atoms with van der Waals surface area (Å²) in [5, 5.41) is 2.65. The first kappa shape index (κ1) is 13.5. The molecule has 0 radical (unpaired) electrons. The van der Waals surface area contributed by atoms with Gasteiger partial charge in [0.25, 0.3) is 5.91 Å². The zero-order valence-electron chi connectivity index (χ0n) is 9.99. The molecule has 0 aromatic heterocycles. The number of halogens is 2. The molecule has 5 heteroatoms. The quantitative estimate of drug-likeness (QED) is 0.853. The number of rotatable bonds is 3. The largest absolute Gasteiger partial charge is 0.398 e. The van der Waals surface area contributed by atoms with Crippen LogP contribution in [0, 0.1) is 5.82 Å². The van der Waals surface area contributed by atoms with Crippen molar-refractivity contribution in [3.8, 4) is 0 Å². The molecule has 3 nitrogen and oxygen atoms in total. The van der Waals surface area contributed by atoms with Crippen LogP contribution in [0.2, 0.25) is 0 Å². The van der Waals surface area contributed by atoms with E-state index in [1.165, 1.54) is 12.1 Å². The van der Waals surface area contributed by atoms with Crippen molar-refractivity contribution in [3.63, 3.8) is 0 Å². The summed E-state index contributed by atoms with van der Waals surface area (Å²) >= 11 is 3.16. The van der Waals surface area contributed by atoms with Gasteiger partial charge in [-0.1, -0.05) is 24.3 Å². The van der Waals surface area contributed by atoms with Gasteiger partial charge in [-0.3, -0.25) is 4.79 Å². The van der Waals surface area contributed by atoms with E-state index in [0.717, 1.165) is 5.56 Å². The molecule has 98 valence electrons. The van der Waals surface area contributed by atoms with E-state index in [1.807, 2.05) is 18.2 Å². The minimum absolute atomic E-state index is 0.00278. The Balaban J connectivity index is 2.13. The topological polar surface area (TPSA) is 55.1 Å². The van der Waals surface area contributed by atoms with Crippen LogP contribution >= 0.6 is 15.9 Å². The summed E-state index contributed by atoms with van der Waals surface area (Å²) in [5.41, 5.74) is 7.16. The van der Waals surface area contributed by atoms with Crippen LogP contribution in [0.15, 0.2) is 46.9 Å². The molecule has 2 aromatic rings. The Hall–Kier alpha value is -1.88. The van der Waals surface area contributed by atoms with E-state index in [-0.39, 0.29) is 12.1 Å². The first-order valence-electron chi connectivity index (χ1n) is 5.65. The first-order chi connectivity index (χ1) is 9.09. The fraction of sp³-hybridized carbons (Fsp3) is 0.0714. The Labute approximate surface area is 118 Å². The van der Waals surface area contributed by atoms with Crippen molar-refractivity contribution in [2.75, 3.05) is 5.73 Å². The number of nitrogens with two attached hydrogens (primary N) is 1. The van der Waals surface area contributed by atoms with Crippen LogP contribution in [0.3, 0.4) is 0 Å². The van der Waals surface area contributed by atoms with Crippen LogP contribution in [-0.2, 0) is 6.54 Å². The Morgan fingerprint density at radius 3 is 2.63 bits per heavy atom. The van der Waals surface area contributed by atoms with Crippen LogP contribution in [0.4, 0.5) is 10.1 Å². The summed E-state index contributed by atoms with van der Waals surface area (Å²) in [6.45, 7) is 0.256. The lowest BCUT2D eigenvalue weighted by Crippen LogP contribution is -2.24. The third-order valence-corrected chi connectivity index (χ3v) is 3.35. The predicted molar refractivity (Wildman–Crippen MR) is 76.1 cm³/mol. The summed E-state index contributed by atoms with van der Waals surface area (Å²) in [6, 6.07) is 11.6. The maximum atomic E-state index is 13.6. The van der Waals surface area contributed by atoms with Crippen molar-refractivity contribution in [3.05, 3.63) is 63.9 Å². The summed E-state index contributed by atoms with van der Waals surface area (Å²) in [7, 11) is 0. The Morgan fingerprint density at radius 2 is 1.95 bits per heavy atom. The fourth-order valence-electron chi connectivity index (χ4n) is 1.67. The Morgan fingerprint density at radius 1 is 1.21 bits per heavy atom. The second-order valence-electron chi connectivity index (χ2n) is 3.98. The molecule has 3 N–H and O–H groups in total. The van der Waals surface area contributed by atoms with Crippen molar-refractivity contribution < 1.29 is 9.18 Å². The van der Waals surface area contributed by atoms with Crippen molar-refractivity contribution in [1.29, 1.82) is 0 Å². The summed E-state index contributed by atoms with van der Waals surface area (Å²) in [6.07, 6.45) is 0. The number of carbonyl (C=O) groups is 1. The molecule has 1 amide bonds. The highest BCUT2D eigenvalue weighted by molar-refractivity contribution is 9.10. The molecule has 2 aromatic carbocycles. The smallest absolute Gasteiger partial charge is 0.255 e. The number of benzene rings is 2. The van der Waals surface area contributed by atoms with Crippen LogP contribution in [0.5, 0.6) is 0 Å². The van der Waals surface area contributed by atoms with Crippen LogP contribution in [0.1, 0.15) is 15.9 Å². The van der Waals surface area contributed by atoms with Gasteiger partial charge >= 0.3 is 0 Å². The molecule has 0 aliphatic rings. The van der Waals surface area contributed by atoms with Gasteiger partial charge in [-0.25, -0.2) is 4.39 Å². The van der Waals surface area contributed by atoms with E-state index < -0.39 is 11.7 Å². The third kappa shape index (κ3) is 3.12. The molecule has 0 saturated heterocycles. The molecule has 0 fully saturated rings. The van der Waals surface area contributed by atoms with E-state index in [9.17, 15) is 9.18 Å². The van der Waals surface area contributed by atoms with E-state index in [0.29, 0.717) is 10.2 Å². The highest BCUT2D eigenvalue weighted by atomic mass is 79.9. The molecule has 19 heavy (non-hydrogen) atoms. The second kappa shape index (κ2) is 5.84. The summed E-state index contributed by atoms with van der Waals surface area (Å²) in [5.74, 6) is -1.04. The average molecular weight is 323 g/mol. The number of amides is 1. The number of nitrogen functional groups attached to an aromatic ring is 1. The molecule has 0 aliphatic heterocycles. The maximum Gasteiger partial charge on any atom is 0.255 e. The van der Waals surface area contributed by atoms with E-state index in [2.05, 4.69) is 21.2 Å². The molecule has 0 aliphatic carbocycles. The molecular formula is C14H12BrFN2O. The molecule has 0 unspecified atom stereocenters. The van der Waals surface area contributed by atoms with Gasteiger partial charge in [0.1, 0.15) is 5.82 Å². The molecule has 2 rings (SSSR count). The Kier molecular flexibility index (Phi) is 4.16. The van der Waals surface area contributed by atoms with Crippen LogP contribution in [0.25, 0.3) is 0 Å². The lowest BCUT2D eigenvalue weighted by molar-refractivity contribution is 0.0946. The normalized spacial score (nSPS) is 10.2. The monoisotopic (exact) mass is 322 g/mol. The molecule has 0 heterocycles. The molecule has 0 bridgehead atoms. The lowest BCUT2D eigenvalue weighted by Gasteiger charge is -2.09. The fourth-order valence-corrected chi connectivity index (χ4v) is 2.20. The van der Waals surface area contributed by atoms with Gasteiger partial charge in [0.2, 0.25) is 0 Å². The maximum absolute atomic E-state index is 13.6. The highest BCUT2D eigenvalue weighted by Crippen LogP contribution is 2.19. The number of hydrogen-bond acceptors (Lipinski definition) is 2. The average Bonchev–Trinajstić information content (AvgIpc) is 2.37. The predicted octanol–water partition coefficient (Wildman–Crippen LogP) is 3.10. The number of anilines is 1. The van der Waals surface area contributed by atoms with Gasteiger partial charge in [0.15, 0.2) is 0 Å². The van der Waals surface area contributed by atoms with Crippen molar-refractivity contribution in [1.82, 2.24) is 5.32 Å². The number of hydrogen-bond donors (Lipinski definition) is 2. The molecular weight excluding hydrogens is 311 g/mol. The van der Waals surface area contributed by atoms with Gasteiger partial charge in [-0.15, -0.1) is 0 Å². The number of para-hydroxylation sites is 1. The zero-order chi connectivity index (χ0) is 13.8. The highest BCUT2D eigenvalue weighted by Gasteiger charge is 2.15. The van der Waals surface area contributed by atoms with Gasteiger partial charge in [0, 0.05) is 16.7 Å². The SMILES string of the molecule is Nc1ccccc1CNC(=O)c1c(F)cccc1Br. The van der Waals surface area contributed by atoms with Gasteiger partial charge in [0.05, 0.1) is 5.56 Å². The minimum Gasteiger partial charge on any atom is -0.398 e. The van der Waals surface area contributed by atoms with Crippen molar-refractivity contribution >= 4 is 27.5 Å². The first-order valence-corrected chi connectivity index (χ1v) is 6.44. The summed E-state index contributed by atoms with van der Waals surface area (Å²) in [4.78, 5) is 11.9. The zero-order valence-corrected chi connectivity index (χ0v) is 11.6. The standard InChI is InChI=1S/C14H12BrFN2O/c15-10-5-3-6-11(16)13(10)14(19)18-8-9-4-1-2-7-12(9)17/h1-7H,8,17H2,(H,18,19). The van der Waals surface area contributed by atoms with Crippen LogP contribution < -0.4 is 11.1 Å². The van der Waals surface area contributed by atoms with E-state index >= 15 is 0 Å². The van der Waals surface area contributed by atoms with Crippen LogP contribution in [-0.4, -0.2) is 5.91 Å². The molecule has 0 spiro atoms. The molecule has 0 atom stereocenters. The summed E-state index contributed by atoms with van der Waals surface area (Å²) < 4.78 is 14.0. The Bertz CT molecular complexity index is 596. The minimum atomic E-state index is -0.562. The third-order valence-electron chi connectivity index (χ3n) is 2.68. The van der Waals surface area contributed by atoms with Gasteiger partial charge < -0.3 is 11.1 Å². The van der Waals surface area contributed by atoms with Crippen molar-refractivity contribution in [2.24, 2.45) is 0 Å². The van der Waals surface area contributed by atoms with E-state index in [1.54, 1.807) is 12.1 Å². The number of nitrogens with one attached hydrogen (secondary N) is 1. The number of carbonyl (C=O) groups excluding carboxylic acids is 1. The second-order valence-corrected chi connectivity index (χ2v) is 4.83. The van der Waals surface area contributed by atoms with Gasteiger partial charge in [-0.2, -0.15) is 0 Å². The molecule has 0 saturated carbocycles. The van der Waals surface area contributed by atoms with E-state index in [4.69, 9.17) is 5.73 Å². The van der Waals surface area contributed by atoms with Crippen molar-refractivity contribution in [2.45, 2.75) is 6.54 Å². The lowest BCUT2D eigenvalue weighted by atomic mass is 10.1. The van der Waals surface area contributed by atoms with Gasteiger partial charge in [-0.05, 0) is 39.7 Å².